The summed E-state index contributed by atoms with van der Waals surface area (Å²) in [7, 11) is 0. The van der Waals surface area contributed by atoms with Gasteiger partial charge in [-0.15, -0.1) is 0 Å². The first-order chi connectivity index (χ1) is 4.72. The van der Waals surface area contributed by atoms with Gasteiger partial charge >= 0.3 is 0 Å². The van der Waals surface area contributed by atoms with Crippen LogP contribution in [0.5, 0.6) is 0 Å². The molecule has 1 heterocycles. The van der Waals surface area contributed by atoms with E-state index >= 15 is 0 Å². The molecule has 0 amide bonds. The molecule has 2 N–H and O–H groups in total. The third kappa shape index (κ3) is 1.52. The minimum atomic E-state index is 0.160. The molecule has 0 spiro atoms. The molecule has 0 fully saturated rings. The molecule has 0 aliphatic carbocycles. The maximum Gasteiger partial charge on any atom is 0.129 e. The van der Waals surface area contributed by atoms with Gasteiger partial charge in [0, 0.05) is 12.0 Å². The number of hydrogen-bond acceptors (Lipinski definition) is 4. The molecule has 2 unspecified atom stereocenters. The van der Waals surface area contributed by atoms with Crippen LogP contribution in [0.3, 0.4) is 0 Å². The second-order valence-corrected chi connectivity index (χ2v) is 3.24. The largest absolute Gasteiger partial charge is 0.327 e. The van der Waals surface area contributed by atoms with E-state index in [4.69, 9.17) is 5.73 Å². The Morgan fingerprint density at radius 1 is 1.60 bits per heavy atom. The summed E-state index contributed by atoms with van der Waals surface area (Å²) in [5.41, 5.74) is 5.67. The van der Waals surface area contributed by atoms with Gasteiger partial charge in [-0.3, -0.25) is 0 Å². The topological polar surface area (TPSA) is 51.8 Å². The van der Waals surface area contributed by atoms with E-state index in [9.17, 15) is 0 Å². The van der Waals surface area contributed by atoms with E-state index in [1.807, 2.05) is 6.92 Å². The SMILES string of the molecule is CC(N)C(C)c1ncns1. The molecule has 0 bridgehead atoms. The van der Waals surface area contributed by atoms with Gasteiger partial charge < -0.3 is 5.73 Å². The fraction of sp³-hybridized carbons (Fsp3) is 0.667. The zero-order chi connectivity index (χ0) is 7.56. The molecule has 4 heteroatoms. The summed E-state index contributed by atoms with van der Waals surface area (Å²) < 4.78 is 3.90. The average Bonchev–Trinajstić information content (AvgIpc) is 2.36. The first-order valence-electron chi connectivity index (χ1n) is 3.24. The zero-order valence-corrected chi connectivity index (χ0v) is 6.93. The fourth-order valence-electron chi connectivity index (χ4n) is 0.607. The van der Waals surface area contributed by atoms with Crippen LogP contribution in [-0.4, -0.2) is 15.4 Å². The van der Waals surface area contributed by atoms with Crippen molar-refractivity contribution in [3.63, 3.8) is 0 Å². The highest BCUT2D eigenvalue weighted by molar-refractivity contribution is 7.05. The maximum absolute atomic E-state index is 5.67. The first kappa shape index (κ1) is 7.63. The lowest BCUT2D eigenvalue weighted by Gasteiger charge is -2.10. The van der Waals surface area contributed by atoms with E-state index in [1.54, 1.807) is 6.33 Å². The summed E-state index contributed by atoms with van der Waals surface area (Å²) in [6.07, 6.45) is 1.57. The smallest absolute Gasteiger partial charge is 0.129 e. The molecule has 0 saturated carbocycles. The van der Waals surface area contributed by atoms with E-state index in [-0.39, 0.29) is 6.04 Å². The van der Waals surface area contributed by atoms with Crippen molar-refractivity contribution in [2.24, 2.45) is 5.73 Å². The molecule has 0 aliphatic rings. The van der Waals surface area contributed by atoms with Crippen LogP contribution in [0.2, 0.25) is 0 Å². The number of hydrogen-bond donors (Lipinski definition) is 1. The Hall–Kier alpha value is -0.480. The van der Waals surface area contributed by atoms with E-state index in [2.05, 4.69) is 16.3 Å². The normalized spacial score (nSPS) is 16.7. The summed E-state index contributed by atoms with van der Waals surface area (Å²) in [6.45, 7) is 4.04. The molecule has 0 aromatic carbocycles. The summed E-state index contributed by atoms with van der Waals surface area (Å²) in [5, 5.41) is 1.02. The molecule has 2 atom stereocenters. The minimum Gasteiger partial charge on any atom is -0.327 e. The van der Waals surface area contributed by atoms with Crippen LogP contribution in [0, 0.1) is 0 Å². The molecule has 0 saturated heterocycles. The van der Waals surface area contributed by atoms with Gasteiger partial charge in [-0.2, -0.15) is 4.37 Å². The van der Waals surface area contributed by atoms with Crippen LogP contribution < -0.4 is 5.73 Å². The van der Waals surface area contributed by atoms with Crippen molar-refractivity contribution in [3.05, 3.63) is 11.3 Å². The zero-order valence-electron chi connectivity index (χ0n) is 6.11. The molecule has 56 valence electrons. The lowest BCUT2D eigenvalue weighted by atomic mass is 10.1. The molecule has 1 aromatic rings. The van der Waals surface area contributed by atoms with Crippen molar-refractivity contribution in [1.29, 1.82) is 0 Å². The number of nitrogens with two attached hydrogens (primary N) is 1. The summed E-state index contributed by atoms with van der Waals surface area (Å²) in [4.78, 5) is 4.06. The van der Waals surface area contributed by atoms with Crippen LogP contribution >= 0.6 is 11.5 Å². The Bertz CT molecular complexity index is 183. The Morgan fingerprint density at radius 2 is 2.30 bits per heavy atom. The van der Waals surface area contributed by atoms with Crippen LogP contribution in [0.4, 0.5) is 0 Å². The van der Waals surface area contributed by atoms with Gasteiger partial charge in [0.15, 0.2) is 0 Å². The Kier molecular flexibility index (Phi) is 2.34. The van der Waals surface area contributed by atoms with Gasteiger partial charge in [-0.1, -0.05) is 6.92 Å². The summed E-state index contributed by atoms with van der Waals surface area (Å²) in [6, 6.07) is 0.160. The van der Waals surface area contributed by atoms with Crippen molar-refractivity contribution in [1.82, 2.24) is 9.36 Å². The molecular formula is C6H11N3S. The van der Waals surface area contributed by atoms with Crippen LogP contribution in [-0.2, 0) is 0 Å². The van der Waals surface area contributed by atoms with E-state index in [1.165, 1.54) is 11.5 Å². The van der Waals surface area contributed by atoms with Gasteiger partial charge in [0.2, 0.25) is 0 Å². The van der Waals surface area contributed by atoms with Crippen LogP contribution in [0.1, 0.15) is 24.8 Å². The highest BCUT2D eigenvalue weighted by Crippen LogP contribution is 2.17. The van der Waals surface area contributed by atoms with Crippen molar-refractivity contribution in [2.45, 2.75) is 25.8 Å². The predicted octanol–water partition coefficient (Wildman–Crippen LogP) is 0.989. The molecule has 1 rings (SSSR count). The Balaban J connectivity index is 2.68. The van der Waals surface area contributed by atoms with Gasteiger partial charge in [-0.05, 0) is 18.5 Å². The van der Waals surface area contributed by atoms with E-state index < -0.39 is 0 Å². The van der Waals surface area contributed by atoms with Gasteiger partial charge in [0.05, 0.1) is 0 Å². The number of rotatable bonds is 2. The minimum absolute atomic E-state index is 0.160. The Morgan fingerprint density at radius 3 is 2.70 bits per heavy atom. The molecule has 0 aliphatic heterocycles. The van der Waals surface area contributed by atoms with Crippen molar-refractivity contribution >= 4 is 11.5 Å². The lowest BCUT2D eigenvalue weighted by Crippen LogP contribution is -2.22. The molecule has 1 aromatic heterocycles. The number of nitrogens with zero attached hydrogens (tertiary/aromatic N) is 2. The Labute approximate surface area is 64.5 Å². The van der Waals surface area contributed by atoms with Gasteiger partial charge in [-0.25, -0.2) is 4.98 Å². The highest BCUT2D eigenvalue weighted by Gasteiger charge is 2.12. The summed E-state index contributed by atoms with van der Waals surface area (Å²) >= 11 is 1.42. The van der Waals surface area contributed by atoms with Crippen LogP contribution in [0.15, 0.2) is 6.33 Å². The van der Waals surface area contributed by atoms with Gasteiger partial charge in [0.1, 0.15) is 11.3 Å². The second-order valence-electron chi connectivity index (χ2n) is 2.43. The molecule has 10 heavy (non-hydrogen) atoms. The highest BCUT2D eigenvalue weighted by atomic mass is 32.1. The molecule has 0 radical (unpaired) electrons. The molecule has 3 nitrogen and oxygen atoms in total. The van der Waals surface area contributed by atoms with Gasteiger partial charge in [0.25, 0.3) is 0 Å². The van der Waals surface area contributed by atoms with E-state index in [0.29, 0.717) is 5.92 Å². The second kappa shape index (κ2) is 3.07. The van der Waals surface area contributed by atoms with Crippen molar-refractivity contribution in [3.8, 4) is 0 Å². The standard InChI is InChI=1S/C6H11N3S/c1-4(5(2)7)6-8-3-9-10-6/h3-5H,7H2,1-2H3. The van der Waals surface area contributed by atoms with Crippen molar-refractivity contribution < 1.29 is 0 Å². The number of aromatic nitrogens is 2. The average molecular weight is 157 g/mol. The first-order valence-corrected chi connectivity index (χ1v) is 4.01. The summed E-state index contributed by atoms with van der Waals surface area (Å²) in [5.74, 6) is 0.326. The van der Waals surface area contributed by atoms with E-state index in [0.717, 1.165) is 5.01 Å². The van der Waals surface area contributed by atoms with Crippen molar-refractivity contribution in [2.75, 3.05) is 0 Å². The third-order valence-electron chi connectivity index (χ3n) is 1.56. The fourth-order valence-corrected chi connectivity index (χ4v) is 1.28. The quantitative estimate of drug-likeness (QED) is 0.696. The molecular weight excluding hydrogens is 146 g/mol. The lowest BCUT2D eigenvalue weighted by molar-refractivity contribution is 0.610. The third-order valence-corrected chi connectivity index (χ3v) is 2.42. The maximum atomic E-state index is 5.67. The van der Waals surface area contributed by atoms with Crippen LogP contribution in [0.25, 0.3) is 0 Å². The monoisotopic (exact) mass is 157 g/mol. The predicted molar refractivity (Wildman–Crippen MR) is 42.0 cm³/mol.